The molecule has 0 aliphatic carbocycles. The molecule has 1 aromatic heterocycles. The molecule has 114 valence electrons. The molecule has 0 saturated heterocycles. The third kappa shape index (κ3) is 4.25. The van der Waals surface area contributed by atoms with Gasteiger partial charge in [-0.15, -0.1) is 0 Å². The zero-order valence-corrected chi connectivity index (χ0v) is 13.1. The molecular weight excluding hydrogens is 262 g/mol. The van der Waals surface area contributed by atoms with E-state index >= 15 is 0 Å². The predicted molar refractivity (Wildman–Crippen MR) is 88.6 cm³/mol. The van der Waals surface area contributed by atoms with Gasteiger partial charge in [0.15, 0.2) is 0 Å². The molecule has 21 heavy (non-hydrogen) atoms. The molecule has 0 bridgehead atoms. The van der Waals surface area contributed by atoms with Crippen molar-refractivity contribution in [1.29, 1.82) is 0 Å². The molecule has 0 aliphatic rings. The first-order chi connectivity index (χ1) is 10.1. The van der Waals surface area contributed by atoms with Crippen molar-refractivity contribution in [2.24, 2.45) is 5.92 Å². The maximum absolute atomic E-state index is 11.1. The lowest BCUT2D eigenvalue weighted by atomic mass is 9.97. The summed E-state index contributed by atoms with van der Waals surface area (Å²) in [7, 11) is 0. The molecule has 2 atom stereocenters. The van der Waals surface area contributed by atoms with E-state index in [9.17, 15) is 4.79 Å². The van der Waals surface area contributed by atoms with Crippen molar-refractivity contribution in [3.05, 3.63) is 40.7 Å². The van der Waals surface area contributed by atoms with Crippen LogP contribution in [0.2, 0.25) is 0 Å². The van der Waals surface area contributed by atoms with E-state index in [4.69, 9.17) is 0 Å². The molecule has 0 saturated carbocycles. The molecule has 0 aliphatic heterocycles. The highest BCUT2D eigenvalue weighted by Gasteiger charge is 2.10. The minimum absolute atomic E-state index is 0.105. The van der Waals surface area contributed by atoms with Crippen molar-refractivity contribution < 1.29 is 0 Å². The van der Waals surface area contributed by atoms with Crippen LogP contribution in [0.3, 0.4) is 0 Å². The highest BCUT2D eigenvalue weighted by molar-refractivity contribution is 5.62. The Hall–Kier alpha value is -1.97. The number of aromatic nitrogens is 2. The Kier molecular flexibility index (Phi) is 5.26. The minimum atomic E-state index is -0.105. The number of anilines is 1. The van der Waals surface area contributed by atoms with Gasteiger partial charge in [0.25, 0.3) is 5.56 Å². The number of hydrogen-bond donors (Lipinski definition) is 3. The van der Waals surface area contributed by atoms with Gasteiger partial charge in [0.2, 0.25) is 0 Å². The van der Waals surface area contributed by atoms with Crippen molar-refractivity contribution in [3.8, 4) is 11.3 Å². The molecule has 3 N–H and O–H groups in total. The first-order valence-electron chi connectivity index (χ1n) is 7.77. The van der Waals surface area contributed by atoms with Gasteiger partial charge in [-0.2, -0.15) is 0 Å². The molecule has 4 nitrogen and oxygen atoms in total. The molecule has 0 spiro atoms. The van der Waals surface area contributed by atoms with E-state index in [0.29, 0.717) is 6.04 Å². The molecule has 4 heteroatoms. The van der Waals surface area contributed by atoms with Crippen LogP contribution in [0, 0.1) is 5.92 Å². The Morgan fingerprint density at radius 3 is 2.33 bits per heavy atom. The lowest BCUT2D eigenvalue weighted by Gasteiger charge is -2.21. The standard InChI is InChI=1S/C17H25N3O/c1-4-12(3)10-14(5-2)18-15-8-6-13(7-9-15)16-11-17(21)20-19-16/h6-9,11-12,14,18H,4-5,10H2,1-3H3,(H2,19,20,21). The van der Waals surface area contributed by atoms with E-state index in [2.05, 4.69) is 48.4 Å². The molecule has 1 heterocycles. The number of H-pyrrole nitrogens is 2. The molecule has 2 aromatic rings. The van der Waals surface area contributed by atoms with Crippen LogP contribution < -0.4 is 10.9 Å². The first kappa shape index (κ1) is 15.4. The van der Waals surface area contributed by atoms with E-state index in [1.54, 1.807) is 6.07 Å². The topological polar surface area (TPSA) is 60.7 Å². The second kappa shape index (κ2) is 7.16. The Morgan fingerprint density at radius 1 is 1.10 bits per heavy atom. The molecule has 0 fully saturated rings. The highest BCUT2D eigenvalue weighted by Crippen LogP contribution is 2.21. The molecule has 1 aromatic carbocycles. The van der Waals surface area contributed by atoms with Crippen molar-refractivity contribution in [2.45, 2.75) is 46.1 Å². The van der Waals surface area contributed by atoms with Gasteiger partial charge < -0.3 is 5.32 Å². The maximum atomic E-state index is 11.1. The Balaban J connectivity index is 2.03. The monoisotopic (exact) mass is 287 g/mol. The van der Waals surface area contributed by atoms with Crippen LogP contribution in [0.25, 0.3) is 11.3 Å². The molecule has 0 radical (unpaired) electrons. The van der Waals surface area contributed by atoms with Crippen molar-refractivity contribution in [3.63, 3.8) is 0 Å². The summed E-state index contributed by atoms with van der Waals surface area (Å²) in [4.78, 5) is 11.1. The second-order valence-corrected chi connectivity index (χ2v) is 5.75. The summed E-state index contributed by atoms with van der Waals surface area (Å²) < 4.78 is 0. The van der Waals surface area contributed by atoms with Crippen LogP contribution in [-0.4, -0.2) is 16.2 Å². The van der Waals surface area contributed by atoms with Gasteiger partial charge in [0.05, 0.1) is 5.69 Å². The summed E-state index contributed by atoms with van der Waals surface area (Å²) >= 11 is 0. The minimum Gasteiger partial charge on any atom is -0.382 e. The summed E-state index contributed by atoms with van der Waals surface area (Å²) in [6.07, 6.45) is 3.54. The molecular formula is C17H25N3O. The number of rotatable bonds is 7. The number of hydrogen-bond acceptors (Lipinski definition) is 2. The van der Waals surface area contributed by atoms with E-state index in [-0.39, 0.29) is 5.56 Å². The van der Waals surface area contributed by atoms with Gasteiger partial charge in [0, 0.05) is 17.8 Å². The zero-order valence-electron chi connectivity index (χ0n) is 13.1. The third-order valence-electron chi connectivity index (χ3n) is 4.04. The Bertz CT molecular complexity index is 597. The molecule has 2 rings (SSSR count). The van der Waals surface area contributed by atoms with E-state index in [1.165, 1.54) is 12.8 Å². The van der Waals surface area contributed by atoms with E-state index < -0.39 is 0 Å². The lowest BCUT2D eigenvalue weighted by molar-refractivity contribution is 0.462. The van der Waals surface area contributed by atoms with E-state index in [1.807, 2.05) is 12.1 Å². The quantitative estimate of drug-likeness (QED) is 0.721. The van der Waals surface area contributed by atoms with Gasteiger partial charge in [-0.1, -0.05) is 39.3 Å². The zero-order chi connectivity index (χ0) is 15.2. The smallest absolute Gasteiger partial charge is 0.264 e. The van der Waals surface area contributed by atoms with E-state index in [0.717, 1.165) is 29.3 Å². The summed E-state index contributed by atoms with van der Waals surface area (Å²) in [5, 5.41) is 9.02. The predicted octanol–water partition coefficient (Wildman–Crippen LogP) is 4.00. The third-order valence-corrected chi connectivity index (χ3v) is 4.04. The number of benzene rings is 1. The average molecular weight is 287 g/mol. The van der Waals surface area contributed by atoms with Crippen LogP contribution in [-0.2, 0) is 0 Å². The van der Waals surface area contributed by atoms with Crippen LogP contribution >= 0.6 is 0 Å². The van der Waals surface area contributed by atoms with Crippen LogP contribution in [0.1, 0.15) is 40.0 Å². The molecule has 2 unspecified atom stereocenters. The Labute approximate surface area is 126 Å². The van der Waals surface area contributed by atoms with Gasteiger partial charge in [0.1, 0.15) is 0 Å². The molecule has 0 amide bonds. The number of aromatic amines is 2. The lowest BCUT2D eigenvalue weighted by Crippen LogP contribution is -2.21. The summed E-state index contributed by atoms with van der Waals surface area (Å²) in [5.41, 5.74) is 2.85. The summed E-state index contributed by atoms with van der Waals surface area (Å²) in [5.74, 6) is 0.742. The van der Waals surface area contributed by atoms with Gasteiger partial charge in [-0.05, 0) is 36.5 Å². The summed E-state index contributed by atoms with van der Waals surface area (Å²) in [6.45, 7) is 6.76. The van der Waals surface area contributed by atoms with Crippen LogP contribution in [0.15, 0.2) is 35.1 Å². The van der Waals surface area contributed by atoms with Crippen LogP contribution in [0.5, 0.6) is 0 Å². The van der Waals surface area contributed by atoms with Crippen molar-refractivity contribution in [1.82, 2.24) is 10.2 Å². The number of nitrogens with one attached hydrogen (secondary N) is 3. The van der Waals surface area contributed by atoms with Crippen molar-refractivity contribution >= 4 is 5.69 Å². The summed E-state index contributed by atoms with van der Waals surface area (Å²) in [6, 6.07) is 10.3. The fraction of sp³-hybridized carbons (Fsp3) is 0.471. The SMILES string of the molecule is CCC(C)CC(CC)Nc1ccc(-c2cc(=O)[nH][nH]2)cc1. The van der Waals surface area contributed by atoms with Gasteiger partial charge in [-0.25, -0.2) is 0 Å². The maximum Gasteiger partial charge on any atom is 0.264 e. The highest BCUT2D eigenvalue weighted by atomic mass is 16.1. The largest absolute Gasteiger partial charge is 0.382 e. The van der Waals surface area contributed by atoms with Crippen LogP contribution in [0.4, 0.5) is 5.69 Å². The van der Waals surface area contributed by atoms with Gasteiger partial charge in [-0.3, -0.25) is 15.0 Å². The average Bonchev–Trinajstić information content (AvgIpc) is 2.93. The fourth-order valence-corrected chi connectivity index (χ4v) is 2.45. The first-order valence-corrected chi connectivity index (χ1v) is 7.77. The normalized spacial score (nSPS) is 13.9. The Morgan fingerprint density at radius 2 is 1.81 bits per heavy atom. The second-order valence-electron chi connectivity index (χ2n) is 5.75. The van der Waals surface area contributed by atoms with Crippen molar-refractivity contribution in [2.75, 3.05) is 5.32 Å². The van der Waals surface area contributed by atoms with Gasteiger partial charge >= 0.3 is 0 Å². The fourth-order valence-electron chi connectivity index (χ4n) is 2.45.